The number of hydrogen-bond donors (Lipinski definition) is 3. The van der Waals surface area contributed by atoms with Gasteiger partial charge in [-0.15, -0.1) is 0 Å². The van der Waals surface area contributed by atoms with E-state index < -0.39 is 17.5 Å². The van der Waals surface area contributed by atoms with Crippen molar-refractivity contribution in [1.29, 1.82) is 0 Å². The van der Waals surface area contributed by atoms with Crippen LogP contribution >= 0.6 is 0 Å². The second kappa shape index (κ2) is 8.88. The van der Waals surface area contributed by atoms with Gasteiger partial charge in [-0.2, -0.15) is 0 Å². The number of carbonyl (C=O) groups is 3. The second-order valence-electron chi connectivity index (χ2n) is 7.16. The van der Waals surface area contributed by atoms with Gasteiger partial charge < -0.3 is 16.8 Å². The zero-order valence-electron chi connectivity index (χ0n) is 14.4. The van der Waals surface area contributed by atoms with E-state index in [-0.39, 0.29) is 29.9 Å². The Hall–Kier alpha value is -1.43. The van der Waals surface area contributed by atoms with Gasteiger partial charge in [-0.25, -0.2) is 0 Å². The van der Waals surface area contributed by atoms with Crippen molar-refractivity contribution in [3.05, 3.63) is 0 Å². The van der Waals surface area contributed by atoms with E-state index in [1.165, 1.54) is 0 Å². The van der Waals surface area contributed by atoms with Crippen molar-refractivity contribution in [3.63, 3.8) is 0 Å². The zero-order valence-corrected chi connectivity index (χ0v) is 14.4. The van der Waals surface area contributed by atoms with Gasteiger partial charge in [0.05, 0.1) is 12.1 Å². The van der Waals surface area contributed by atoms with E-state index in [0.29, 0.717) is 19.3 Å². The largest absolute Gasteiger partial charge is 0.370 e. The Morgan fingerprint density at radius 3 is 2.05 bits per heavy atom. The van der Waals surface area contributed by atoms with Crippen molar-refractivity contribution in [1.82, 2.24) is 5.32 Å². The summed E-state index contributed by atoms with van der Waals surface area (Å²) in [5.41, 5.74) is 10.4. The summed E-state index contributed by atoms with van der Waals surface area (Å²) in [5.74, 6) is -0.701. The normalized spacial score (nSPS) is 14.5. The Labute approximate surface area is 133 Å². The summed E-state index contributed by atoms with van der Waals surface area (Å²) in [6.45, 7) is 9.18. The van der Waals surface area contributed by atoms with E-state index in [1.807, 2.05) is 34.6 Å². The van der Waals surface area contributed by atoms with Crippen LogP contribution in [0.15, 0.2) is 0 Å². The number of ketones is 1. The fourth-order valence-corrected chi connectivity index (χ4v) is 2.01. The van der Waals surface area contributed by atoms with E-state index >= 15 is 0 Å². The molecule has 0 aliphatic rings. The van der Waals surface area contributed by atoms with Gasteiger partial charge >= 0.3 is 0 Å². The average molecular weight is 313 g/mol. The summed E-state index contributed by atoms with van der Waals surface area (Å²) in [5, 5.41) is 2.76. The summed E-state index contributed by atoms with van der Waals surface area (Å²) in [4.78, 5) is 35.3. The maximum Gasteiger partial charge on any atom is 0.237 e. The lowest BCUT2D eigenvalue weighted by atomic mass is 9.84. The van der Waals surface area contributed by atoms with Crippen molar-refractivity contribution in [2.75, 3.05) is 0 Å². The maximum absolute atomic E-state index is 12.5. The van der Waals surface area contributed by atoms with Gasteiger partial charge in [0.15, 0.2) is 5.78 Å². The summed E-state index contributed by atoms with van der Waals surface area (Å²) in [6, 6.07) is -1.22. The molecule has 0 aromatic carbocycles. The summed E-state index contributed by atoms with van der Waals surface area (Å²) in [7, 11) is 0. The van der Waals surface area contributed by atoms with Crippen molar-refractivity contribution < 1.29 is 14.4 Å². The predicted molar refractivity (Wildman–Crippen MR) is 86.9 cm³/mol. The smallest absolute Gasteiger partial charge is 0.237 e. The fourth-order valence-electron chi connectivity index (χ4n) is 2.01. The number of rotatable bonds is 9. The SMILES string of the molecule is CC(C)[C@H](N)C(=O)N[C@@H](CCCCC(N)=O)C(=O)C(C)(C)C. The Morgan fingerprint density at radius 1 is 1.09 bits per heavy atom. The van der Waals surface area contributed by atoms with Crippen LogP contribution in [0.5, 0.6) is 0 Å². The van der Waals surface area contributed by atoms with Crippen LogP contribution in [0.1, 0.15) is 60.3 Å². The first-order valence-corrected chi connectivity index (χ1v) is 7.85. The highest BCUT2D eigenvalue weighted by molar-refractivity contribution is 5.93. The number of nitrogens with one attached hydrogen (secondary N) is 1. The third kappa shape index (κ3) is 7.54. The monoisotopic (exact) mass is 313 g/mol. The van der Waals surface area contributed by atoms with E-state index in [9.17, 15) is 14.4 Å². The Balaban J connectivity index is 4.76. The van der Waals surface area contributed by atoms with Crippen LogP contribution in [0.3, 0.4) is 0 Å². The zero-order chi connectivity index (χ0) is 17.5. The predicted octanol–water partition coefficient (Wildman–Crippen LogP) is 1.12. The standard InChI is InChI=1S/C16H31N3O3/c1-10(2)13(18)15(22)19-11(14(21)16(3,4)5)8-6-7-9-12(17)20/h10-11,13H,6-9,18H2,1-5H3,(H2,17,20)(H,19,22)/t11-,13-/m0/s1. The van der Waals surface area contributed by atoms with E-state index in [2.05, 4.69) is 5.32 Å². The van der Waals surface area contributed by atoms with Crippen LogP contribution in [0.2, 0.25) is 0 Å². The summed E-state index contributed by atoms with van der Waals surface area (Å²) >= 11 is 0. The molecular formula is C16H31N3O3. The maximum atomic E-state index is 12.5. The molecule has 0 spiro atoms. The highest BCUT2D eigenvalue weighted by Crippen LogP contribution is 2.20. The molecule has 0 saturated heterocycles. The number of amides is 2. The number of nitrogens with two attached hydrogens (primary N) is 2. The Morgan fingerprint density at radius 2 is 1.64 bits per heavy atom. The lowest BCUT2D eigenvalue weighted by molar-refractivity contribution is -0.133. The lowest BCUT2D eigenvalue weighted by Crippen LogP contribution is -2.52. The van der Waals surface area contributed by atoms with Crippen molar-refractivity contribution in [3.8, 4) is 0 Å². The molecule has 0 fully saturated rings. The number of Topliss-reactive ketones (excluding diaryl/α,β-unsaturated/α-hetero) is 1. The minimum atomic E-state index is -0.638. The van der Waals surface area contributed by atoms with Gasteiger partial charge in [0.1, 0.15) is 0 Å². The summed E-state index contributed by atoms with van der Waals surface area (Å²) in [6.07, 6.45) is 2.03. The van der Waals surface area contributed by atoms with Gasteiger partial charge in [-0.3, -0.25) is 14.4 Å². The average Bonchev–Trinajstić information content (AvgIpc) is 2.38. The number of primary amides is 1. The molecule has 0 heterocycles. The molecule has 0 saturated carbocycles. The van der Waals surface area contributed by atoms with Gasteiger partial charge in [-0.1, -0.05) is 41.0 Å². The van der Waals surface area contributed by atoms with Crippen LogP contribution in [0.25, 0.3) is 0 Å². The molecule has 5 N–H and O–H groups in total. The van der Waals surface area contributed by atoms with E-state index in [1.54, 1.807) is 0 Å². The molecule has 0 radical (unpaired) electrons. The molecule has 0 rings (SSSR count). The van der Waals surface area contributed by atoms with E-state index in [0.717, 1.165) is 0 Å². The molecule has 0 unspecified atom stereocenters. The molecule has 6 nitrogen and oxygen atoms in total. The van der Waals surface area contributed by atoms with Gasteiger partial charge in [0, 0.05) is 11.8 Å². The molecular weight excluding hydrogens is 282 g/mol. The molecule has 0 aliphatic carbocycles. The van der Waals surface area contributed by atoms with Crippen molar-refractivity contribution in [2.24, 2.45) is 22.8 Å². The first-order chi connectivity index (χ1) is 9.96. The molecule has 0 bridgehead atoms. The third-order valence-corrected chi connectivity index (χ3v) is 3.56. The van der Waals surface area contributed by atoms with Crippen LogP contribution in [-0.4, -0.2) is 29.7 Å². The minimum Gasteiger partial charge on any atom is -0.370 e. The minimum absolute atomic E-state index is 0.000232. The molecule has 0 aliphatic heterocycles. The quantitative estimate of drug-likeness (QED) is 0.553. The van der Waals surface area contributed by atoms with Crippen LogP contribution < -0.4 is 16.8 Å². The van der Waals surface area contributed by atoms with Crippen LogP contribution in [-0.2, 0) is 14.4 Å². The van der Waals surface area contributed by atoms with Crippen molar-refractivity contribution >= 4 is 17.6 Å². The highest BCUT2D eigenvalue weighted by Gasteiger charge is 2.31. The van der Waals surface area contributed by atoms with Gasteiger partial charge in [0.2, 0.25) is 11.8 Å². The Bertz CT molecular complexity index is 400. The van der Waals surface area contributed by atoms with Crippen molar-refractivity contribution in [2.45, 2.75) is 72.4 Å². The fraction of sp³-hybridized carbons (Fsp3) is 0.812. The van der Waals surface area contributed by atoms with Gasteiger partial charge in [-0.05, 0) is 18.8 Å². The topological polar surface area (TPSA) is 115 Å². The molecule has 22 heavy (non-hydrogen) atoms. The second-order valence-corrected chi connectivity index (χ2v) is 7.16. The number of hydrogen-bond acceptors (Lipinski definition) is 4. The molecule has 6 heteroatoms. The Kier molecular flexibility index (Phi) is 8.30. The molecule has 128 valence electrons. The van der Waals surface area contributed by atoms with Gasteiger partial charge in [0.25, 0.3) is 0 Å². The van der Waals surface area contributed by atoms with Crippen LogP contribution in [0.4, 0.5) is 0 Å². The summed E-state index contributed by atoms with van der Waals surface area (Å²) < 4.78 is 0. The lowest BCUT2D eigenvalue weighted by Gasteiger charge is -2.27. The molecule has 2 atom stereocenters. The van der Waals surface area contributed by atoms with E-state index in [4.69, 9.17) is 11.5 Å². The highest BCUT2D eigenvalue weighted by atomic mass is 16.2. The molecule has 2 amide bonds. The van der Waals surface area contributed by atoms with Crippen LogP contribution in [0, 0.1) is 11.3 Å². The number of unbranched alkanes of at least 4 members (excludes halogenated alkanes) is 1. The first kappa shape index (κ1) is 20.6. The molecule has 0 aromatic rings. The number of carbonyl (C=O) groups excluding carboxylic acids is 3. The molecule has 0 aromatic heterocycles. The first-order valence-electron chi connectivity index (χ1n) is 7.85. The third-order valence-electron chi connectivity index (χ3n) is 3.56.